The number of aromatic hydroxyl groups is 1. The van der Waals surface area contributed by atoms with Crippen molar-refractivity contribution in [3.63, 3.8) is 0 Å². The van der Waals surface area contributed by atoms with E-state index in [1.807, 2.05) is 0 Å². The fourth-order valence-corrected chi connectivity index (χ4v) is 9.74. The molecule has 58 heavy (non-hydrogen) atoms. The molecule has 2 saturated heterocycles. The third kappa shape index (κ3) is 5.18. The lowest BCUT2D eigenvalue weighted by Gasteiger charge is -2.50. The van der Waals surface area contributed by atoms with Crippen LogP contribution in [0.25, 0.3) is 0 Å². The highest BCUT2D eigenvalue weighted by Gasteiger charge is 2.77. The minimum atomic E-state index is -2.90. The number of methoxy groups -OCH3 is 2. The summed E-state index contributed by atoms with van der Waals surface area (Å²) in [4.78, 5) is 65.7. The van der Waals surface area contributed by atoms with Crippen molar-refractivity contribution in [2.24, 2.45) is 17.8 Å². The van der Waals surface area contributed by atoms with Gasteiger partial charge in [0, 0.05) is 34.7 Å². The highest BCUT2D eigenvalue weighted by atomic mass is 35.5. The average molecular weight is 842 g/mol. The smallest absolute Gasteiger partial charge is 0.258 e. The number of carbonyl (C=O) groups excluding carboxylic acids is 5. The molecule has 0 radical (unpaired) electrons. The Bertz CT molecular complexity index is 2510. The minimum Gasteiger partial charge on any atom is -0.507 e. The lowest BCUT2D eigenvalue weighted by Crippen LogP contribution is -2.60. The number of ketones is 1. The van der Waals surface area contributed by atoms with E-state index in [2.05, 4.69) is 0 Å². The van der Waals surface area contributed by atoms with E-state index in [-0.39, 0.29) is 51.0 Å². The van der Waals surface area contributed by atoms with Gasteiger partial charge in [-0.05, 0) is 43.0 Å². The molecule has 17 heteroatoms. The van der Waals surface area contributed by atoms with Crippen LogP contribution in [0, 0.1) is 46.8 Å². The lowest BCUT2D eigenvalue weighted by atomic mass is 9.56. The number of hydrogen-bond donors (Lipinski definition) is 1. The number of carbonyl (C=O) groups is 5. The monoisotopic (exact) mass is 840 g/mol. The van der Waals surface area contributed by atoms with E-state index >= 15 is 8.78 Å². The van der Waals surface area contributed by atoms with Gasteiger partial charge in [-0.1, -0.05) is 42.0 Å². The van der Waals surface area contributed by atoms with Gasteiger partial charge in [-0.3, -0.25) is 28.9 Å². The van der Waals surface area contributed by atoms with Crippen molar-refractivity contribution < 1.29 is 60.5 Å². The molecule has 3 fully saturated rings. The van der Waals surface area contributed by atoms with E-state index in [0.717, 1.165) is 11.0 Å². The maximum Gasteiger partial charge on any atom is 0.258 e. The van der Waals surface area contributed by atoms with Crippen molar-refractivity contribution in [3.05, 3.63) is 124 Å². The van der Waals surface area contributed by atoms with Gasteiger partial charge in [0.2, 0.25) is 17.6 Å². The van der Waals surface area contributed by atoms with Gasteiger partial charge >= 0.3 is 0 Å². The summed E-state index contributed by atoms with van der Waals surface area (Å²) in [6, 6.07) is 16.5. The molecule has 298 valence electrons. The van der Waals surface area contributed by atoms with Crippen molar-refractivity contribution in [2.45, 2.75) is 28.5 Å². The molecule has 2 heterocycles. The molecule has 1 saturated carbocycles. The molecule has 0 aromatic heterocycles. The second kappa shape index (κ2) is 13.7. The number of fused-ring (bicyclic) bond motifs is 4. The number of halogens is 7. The molecule has 2 aliphatic heterocycles. The highest BCUT2D eigenvalue weighted by molar-refractivity contribution is 6.58. The fourth-order valence-electron chi connectivity index (χ4n) is 8.82. The maximum atomic E-state index is 15.4. The van der Waals surface area contributed by atoms with Gasteiger partial charge in [-0.2, -0.15) is 0 Å². The molecule has 8 rings (SSSR count). The van der Waals surface area contributed by atoms with E-state index in [9.17, 15) is 42.3 Å². The Morgan fingerprint density at radius 2 is 1.36 bits per heavy atom. The third-order valence-corrected chi connectivity index (χ3v) is 12.9. The van der Waals surface area contributed by atoms with Crippen molar-refractivity contribution in [2.75, 3.05) is 24.0 Å². The molecule has 2 aliphatic carbocycles. The number of phenolic OH excluding ortho intramolecular Hbond substituents is 1. The van der Waals surface area contributed by atoms with Gasteiger partial charge in [-0.25, -0.2) is 26.9 Å². The van der Waals surface area contributed by atoms with E-state index in [0.29, 0.717) is 5.56 Å². The number of nitrogens with zero attached hydrogens (tertiary/aromatic N) is 2. The van der Waals surface area contributed by atoms with E-state index in [4.69, 9.17) is 32.7 Å². The van der Waals surface area contributed by atoms with Crippen LogP contribution < -0.4 is 19.3 Å². The molecule has 4 aromatic carbocycles. The minimum absolute atomic E-state index is 0.0458. The Hall–Kier alpha value is -5.80. The van der Waals surface area contributed by atoms with Crippen LogP contribution in [0.15, 0.2) is 78.4 Å². The van der Waals surface area contributed by atoms with Crippen LogP contribution in [-0.2, 0) is 19.2 Å². The first-order valence-electron chi connectivity index (χ1n) is 17.5. The SMILES string of the molecule is COc1cc(O)c(C2C3=CCC4C(=O)N(c5ccc(C(=O)c6ccccc6)cc5)C(=O)C4C3CC3(Cl)C(=O)N(c4c(F)c(F)c(F)c(F)c4F)C(=O)C23Cl)c(OC)c1. The van der Waals surface area contributed by atoms with E-state index < -0.39 is 104 Å². The molecule has 10 nitrogen and oxygen atoms in total. The summed E-state index contributed by atoms with van der Waals surface area (Å²) < 4.78 is 84.9. The van der Waals surface area contributed by atoms with Crippen LogP contribution in [0.2, 0.25) is 0 Å². The van der Waals surface area contributed by atoms with E-state index in [1.54, 1.807) is 30.3 Å². The fraction of sp³-hybridized carbons (Fsp3) is 0.244. The Morgan fingerprint density at radius 1 is 0.759 bits per heavy atom. The number of hydrogen-bond acceptors (Lipinski definition) is 8. The molecular weight excluding hydrogens is 814 g/mol. The van der Waals surface area contributed by atoms with E-state index in [1.165, 1.54) is 50.6 Å². The van der Waals surface area contributed by atoms with Crippen molar-refractivity contribution in [1.29, 1.82) is 0 Å². The maximum absolute atomic E-state index is 15.4. The first kappa shape index (κ1) is 39.0. The summed E-state index contributed by atoms with van der Waals surface area (Å²) in [7, 11) is 2.45. The van der Waals surface area contributed by atoms with Crippen LogP contribution >= 0.6 is 23.2 Å². The van der Waals surface area contributed by atoms with Gasteiger partial charge in [-0.15, -0.1) is 23.2 Å². The first-order valence-corrected chi connectivity index (χ1v) is 18.3. The molecule has 0 bridgehead atoms. The molecule has 1 N–H and O–H groups in total. The van der Waals surface area contributed by atoms with Gasteiger partial charge < -0.3 is 14.6 Å². The summed E-state index contributed by atoms with van der Waals surface area (Å²) >= 11 is 14.4. The number of rotatable bonds is 7. The number of ether oxygens (including phenoxy) is 2. The second-order valence-corrected chi connectivity index (χ2v) is 15.5. The standard InChI is InChI=1S/C41H27Cl2F5N2O8/c1-57-20-14-24(51)27(25(15-20)58-2)28-21-12-13-22-26(37(54)49(36(22)53)19-10-8-18(9-11-19)35(52)17-6-4-3-5-7-17)23(21)16-40(42)38(55)50(39(56)41(28,40)43)34-32(47)30(45)29(44)31(46)33(34)48/h3-12,14-15,22-23,26,28,51H,13,16H2,1-2H3. The number of alkyl halides is 2. The summed E-state index contributed by atoms with van der Waals surface area (Å²) in [5.41, 5.74) is -1.36. The second-order valence-electron chi connectivity index (χ2n) is 14.2. The van der Waals surface area contributed by atoms with Gasteiger partial charge in [0.25, 0.3) is 11.8 Å². The normalized spacial score (nSPS) is 26.3. The highest BCUT2D eigenvalue weighted by Crippen LogP contribution is 2.67. The number of phenols is 1. The molecular formula is C41H27Cl2F5N2O8. The van der Waals surface area contributed by atoms with Crippen molar-refractivity contribution in [1.82, 2.24) is 0 Å². The quantitative estimate of drug-likeness (QED) is 0.0397. The zero-order valence-corrected chi connectivity index (χ0v) is 31.5. The number of amides is 4. The van der Waals surface area contributed by atoms with Gasteiger partial charge in [0.15, 0.2) is 38.8 Å². The molecule has 0 spiro atoms. The number of allylic oxidation sites excluding steroid dienone is 2. The first-order chi connectivity index (χ1) is 27.5. The van der Waals surface area contributed by atoms with Crippen molar-refractivity contribution in [3.8, 4) is 17.2 Å². The summed E-state index contributed by atoms with van der Waals surface area (Å²) in [6.07, 6.45) is 0.577. The Kier molecular flexibility index (Phi) is 9.19. The predicted molar refractivity (Wildman–Crippen MR) is 196 cm³/mol. The number of anilines is 2. The van der Waals surface area contributed by atoms with Crippen LogP contribution in [0.4, 0.5) is 33.3 Å². The average Bonchev–Trinajstić information content (AvgIpc) is 3.57. The Balaban J connectivity index is 1.27. The molecule has 4 amide bonds. The van der Waals surface area contributed by atoms with Crippen LogP contribution in [0.5, 0.6) is 17.2 Å². The molecule has 6 atom stereocenters. The third-order valence-electron chi connectivity index (χ3n) is 11.5. The summed E-state index contributed by atoms with van der Waals surface area (Å²) in [6.45, 7) is 0. The molecule has 4 aromatic rings. The lowest BCUT2D eigenvalue weighted by molar-refractivity contribution is -0.125. The Morgan fingerprint density at radius 3 is 1.97 bits per heavy atom. The van der Waals surface area contributed by atoms with Gasteiger partial charge in [0.05, 0.1) is 31.7 Å². The largest absolute Gasteiger partial charge is 0.507 e. The predicted octanol–water partition coefficient (Wildman–Crippen LogP) is 7.10. The topological polar surface area (TPSA) is 131 Å². The van der Waals surface area contributed by atoms with Gasteiger partial charge in [0.1, 0.15) is 22.9 Å². The molecule has 6 unspecified atom stereocenters. The van der Waals surface area contributed by atoms with Crippen molar-refractivity contribution >= 4 is 64.0 Å². The number of imide groups is 2. The van der Waals surface area contributed by atoms with Crippen LogP contribution in [-0.4, -0.2) is 58.5 Å². The Labute approximate surface area is 335 Å². The zero-order chi connectivity index (χ0) is 41.7. The van der Waals surface area contributed by atoms with Crippen LogP contribution in [0.1, 0.15) is 40.2 Å². The zero-order valence-electron chi connectivity index (χ0n) is 30.0. The molecule has 4 aliphatic rings. The summed E-state index contributed by atoms with van der Waals surface area (Å²) in [5.74, 6) is -23.9. The van der Waals surface area contributed by atoms with Crippen LogP contribution in [0.3, 0.4) is 0 Å². The number of benzene rings is 4. The summed E-state index contributed by atoms with van der Waals surface area (Å²) in [5, 5.41) is 11.5.